The van der Waals surface area contributed by atoms with Crippen LogP contribution in [0, 0.1) is 0 Å². The molecule has 2 heterocycles. The summed E-state index contributed by atoms with van der Waals surface area (Å²) >= 11 is 0. The minimum Gasteiger partial charge on any atom is -0.341 e. The zero-order chi connectivity index (χ0) is 24.2. The molecule has 1 fully saturated rings. The second-order valence-electron chi connectivity index (χ2n) is 8.82. The average Bonchev–Trinajstić information content (AvgIpc) is 3.57. The molecule has 4 aromatic rings. The Kier molecular flexibility index (Phi) is 6.44. The van der Waals surface area contributed by atoms with Crippen molar-refractivity contribution in [2.24, 2.45) is 0 Å². The van der Waals surface area contributed by atoms with Gasteiger partial charge in [0.15, 0.2) is 0 Å². The number of carbonyl (C=O) groups excluding carboxylic acids is 3. The van der Waals surface area contributed by atoms with Crippen LogP contribution in [0.4, 0.5) is 5.69 Å². The van der Waals surface area contributed by atoms with Gasteiger partial charge in [0.1, 0.15) is 6.54 Å². The first kappa shape index (κ1) is 22.6. The van der Waals surface area contributed by atoms with Crippen LogP contribution >= 0.6 is 0 Å². The van der Waals surface area contributed by atoms with E-state index in [9.17, 15) is 14.4 Å². The van der Waals surface area contributed by atoms with Crippen molar-refractivity contribution in [2.45, 2.75) is 25.9 Å². The van der Waals surface area contributed by atoms with Gasteiger partial charge < -0.3 is 14.4 Å². The summed E-state index contributed by atoms with van der Waals surface area (Å²) < 4.78 is 1.79. The third kappa shape index (κ3) is 4.73. The van der Waals surface area contributed by atoms with Crippen molar-refractivity contribution in [3.8, 4) is 0 Å². The number of Topliss-reactive ketones (excluding diaryl/α,β-unsaturated/α-hetero) is 1. The van der Waals surface area contributed by atoms with Crippen LogP contribution in [-0.2, 0) is 22.7 Å². The van der Waals surface area contributed by atoms with E-state index >= 15 is 0 Å². The quantitative estimate of drug-likeness (QED) is 0.294. The summed E-state index contributed by atoms with van der Waals surface area (Å²) in [5.41, 5.74) is 2.66. The van der Waals surface area contributed by atoms with Gasteiger partial charge in [-0.3, -0.25) is 14.4 Å². The number of aromatic nitrogens is 1. The molecule has 1 aliphatic rings. The molecule has 1 aromatic heterocycles. The van der Waals surface area contributed by atoms with E-state index < -0.39 is 11.7 Å². The van der Waals surface area contributed by atoms with Gasteiger partial charge in [0.05, 0.1) is 12.1 Å². The Hall–Kier alpha value is -4.19. The summed E-state index contributed by atoms with van der Waals surface area (Å²) in [6.07, 6.45) is 3.70. The highest BCUT2D eigenvalue weighted by Gasteiger charge is 2.28. The first-order valence-electron chi connectivity index (χ1n) is 11.9. The maximum absolute atomic E-state index is 13.6. The van der Waals surface area contributed by atoms with Crippen LogP contribution in [0.5, 0.6) is 0 Å². The highest BCUT2D eigenvalue weighted by Crippen LogP contribution is 2.25. The largest absolute Gasteiger partial charge is 0.341 e. The molecular weight excluding hydrogens is 438 g/mol. The predicted octanol–water partition coefficient (Wildman–Crippen LogP) is 4.68. The predicted molar refractivity (Wildman–Crippen MR) is 136 cm³/mol. The summed E-state index contributed by atoms with van der Waals surface area (Å²) in [5, 5.41) is 0.674. The Bertz CT molecular complexity index is 1360. The molecule has 0 saturated carbocycles. The summed E-state index contributed by atoms with van der Waals surface area (Å²) in [4.78, 5) is 43.4. The van der Waals surface area contributed by atoms with E-state index in [1.807, 2.05) is 89.8 Å². The number of benzene rings is 3. The van der Waals surface area contributed by atoms with Crippen molar-refractivity contribution < 1.29 is 14.4 Å². The maximum Gasteiger partial charge on any atom is 0.299 e. The number of amides is 2. The average molecular weight is 466 g/mol. The number of hydrogen-bond donors (Lipinski definition) is 0. The zero-order valence-corrected chi connectivity index (χ0v) is 19.5. The van der Waals surface area contributed by atoms with Crippen molar-refractivity contribution >= 4 is 34.2 Å². The van der Waals surface area contributed by atoms with Crippen molar-refractivity contribution in [1.29, 1.82) is 0 Å². The van der Waals surface area contributed by atoms with Gasteiger partial charge in [0.2, 0.25) is 5.91 Å². The molecule has 0 unspecified atom stereocenters. The molecule has 6 heteroatoms. The van der Waals surface area contributed by atoms with Gasteiger partial charge in [-0.05, 0) is 36.6 Å². The van der Waals surface area contributed by atoms with Crippen LogP contribution < -0.4 is 4.90 Å². The smallest absolute Gasteiger partial charge is 0.299 e. The molecule has 2 amide bonds. The molecule has 0 aliphatic carbocycles. The van der Waals surface area contributed by atoms with Crippen LogP contribution in [-0.4, -0.2) is 40.2 Å². The van der Waals surface area contributed by atoms with Crippen LogP contribution in [0.2, 0.25) is 0 Å². The number of hydrogen-bond acceptors (Lipinski definition) is 3. The molecule has 0 spiro atoms. The van der Waals surface area contributed by atoms with Gasteiger partial charge in [0, 0.05) is 35.9 Å². The van der Waals surface area contributed by atoms with Gasteiger partial charge in [-0.15, -0.1) is 0 Å². The van der Waals surface area contributed by atoms with Crippen LogP contribution in [0.3, 0.4) is 0 Å². The van der Waals surface area contributed by atoms with Gasteiger partial charge in [0.25, 0.3) is 11.7 Å². The molecule has 0 bridgehead atoms. The minimum absolute atomic E-state index is 0.0311. The lowest BCUT2D eigenvalue weighted by Crippen LogP contribution is -2.36. The summed E-state index contributed by atoms with van der Waals surface area (Å²) in [7, 11) is 0. The summed E-state index contributed by atoms with van der Waals surface area (Å²) in [6, 6.07) is 26.3. The van der Waals surface area contributed by atoms with E-state index in [1.165, 1.54) is 4.90 Å². The van der Waals surface area contributed by atoms with Crippen molar-refractivity contribution in [3.63, 3.8) is 0 Å². The zero-order valence-electron chi connectivity index (χ0n) is 19.5. The topological polar surface area (TPSA) is 62.6 Å². The van der Waals surface area contributed by atoms with Gasteiger partial charge in [-0.25, -0.2) is 0 Å². The minimum atomic E-state index is -0.603. The Morgan fingerprint density at radius 1 is 0.771 bits per heavy atom. The lowest BCUT2D eigenvalue weighted by Gasteiger charge is -2.22. The Labute approximate surface area is 204 Å². The molecule has 176 valence electrons. The summed E-state index contributed by atoms with van der Waals surface area (Å²) in [5.74, 6) is -1.16. The first-order valence-corrected chi connectivity index (χ1v) is 11.9. The number of anilines is 1. The second-order valence-corrected chi connectivity index (χ2v) is 8.82. The van der Waals surface area contributed by atoms with E-state index in [0.29, 0.717) is 16.6 Å². The number of rotatable bonds is 7. The van der Waals surface area contributed by atoms with Crippen LogP contribution in [0.25, 0.3) is 10.9 Å². The SMILES string of the molecule is O=C(C(=O)N(Cc1ccccc1)c1ccccc1)c1cn(CC(=O)N2CCCC2)c2ccccc12. The fraction of sp³-hybridized carbons (Fsp3) is 0.207. The van der Waals surface area contributed by atoms with Crippen molar-refractivity contribution in [1.82, 2.24) is 9.47 Å². The van der Waals surface area contributed by atoms with Crippen molar-refractivity contribution in [2.75, 3.05) is 18.0 Å². The first-order chi connectivity index (χ1) is 17.1. The maximum atomic E-state index is 13.6. The van der Waals surface area contributed by atoms with Gasteiger partial charge in [-0.2, -0.15) is 0 Å². The van der Waals surface area contributed by atoms with Gasteiger partial charge >= 0.3 is 0 Å². The Balaban J connectivity index is 1.48. The molecule has 1 saturated heterocycles. The molecule has 5 rings (SSSR count). The number of nitrogens with zero attached hydrogens (tertiary/aromatic N) is 3. The van der Waals surface area contributed by atoms with E-state index in [0.717, 1.165) is 37.0 Å². The molecule has 6 nitrogen and oxygen atoms in total. The van der Waals surface area contributed by atoms with Crippen LogP contribution in [0.1, 0.15) is 28.8 Å². The van der Waals surface area contributed by atoms with E-state index in [4.69, 9.17) is 0 Å². The molecule has 0 N–H and O–H groups in total. The number of carbonyl (C=O) groups is 3. The fourth-order valence-corrected chi connectivity index (χ4v) is 4.66. The number of para-hydroxylation sites is 2. The molecule has 1 aliphatic heterocycles. The van der Waals surface area contributed by atoms with Crippen LogP contribution in [0.15, 0.2) is 91.1 Å². The highest BCUT2D eigenvalue weighted by molar-refractivity contribution is 6.48. The molecule has 3 aromatic carbocycles. The number of ketones is 1. The highest BCUT2D eigenvalue weighted by atomic mass is 16.2. The Morgan fingerprint density at radius 3 is 2.11 bits per heavy atom. The standard InChI is InChI=1S/C29H27N3O3/c33-27(30-17-9-10-18-30)21-31-20-25(24-15-7-8-16-26(24)31)28(34)29(35)32(23-13-5-2-6-14-23)19-22-11-3-1-4-12-22/h1-8,11-16,20H,9-10,17-19,21H2. The second kappa shape index (κ2) is 9.97. The third-order valence-corrected chi connectivity index (χ3v) is 6.49. The molecule has 0 atom stereocenters. The van der Waals surface area contributed by atoms with Gasteiger partial charge in [-0.1, -0.05) is 66.7 Å². The number of likely N-dealkylation sites (tertiary alicyclic amines) is 1. The van der Waals surface area contributed by atoms with E-state index in [-0.39, 0.29) is 19.0 Å². The lowest BCUT2D eigenvalue weighted by molar-refractivity contribution is -0.130. The summed E-state index contributed by atoms with van der Waals surface area (Å²) in [6.45, 7) is 1.97. The fourth-order valence-electron chi connectivity index (χ4n) is 4.66. The van der Waals surface area contributed by atoms with E-state index in [2.05, 4.69) is 0 Å². The molecular formula is C29H27N3O3. The normalized spacial score (nSPS) is 13.2. The molecule has 0 radical (unpaired) electrons. The third-order valence-electron chi connectivity index (χ3n) is 6.49. The lowest BCUT2D eigenvalue weighted by atomic mass is 10.1. The number of fused-ring (bicyclic) bond motifs is 1. The molecule has 35 heavy (non-hydrogen) atoms. The Morgan fingerprint density at radius 2 is 1.40 bits per heavy atom. The van der Waals surface area contributed by atoms with Crippen molar-refractivity contribution in [3.05, 3.63) is 102 Å². The van der Waals surface area contributed by atoms with E-state index in [1.54, 1.807) is 10.8 Å². The monoisotopic (exact) mass is 465 g/mol.